The van der Waals surface area contributed by atoms with E-state index < -0.39 is 0 Å². The van der Waals surface area contributed by atoms with Gasteiger partial charge >= 0.3 is 0 Å². The van der Waals surface area contributed by atoms with E-state index in [4.69, 9.17) is 5.11 Å². The number of nitrogens with zero attached hydrogens (tertiary/aromatic N) is 4. The molecule has 0 saturated carbocycles. The minimum absolute atomic E-state index is 0.0919. The first-order valence-electron chi connectivity index (χ1n) is 9.01. The van der Waals surface area contributed by atoms with Gasteiger partial charge in [-0.3, -0.25) is 14.3 Å². The molecule has 0 fully saturated rings. The maximum absolute atomic E-state index is 13.2. The highest BCUT2D eigenvalue weighted by atomic mass is 16.3. The standard InChI is InChI=1S/C19H20N6O3/c26-10-7-22-18(27)16-11-13-12-24(8-9-25(13)23-16)19(28)15-4-2-1-3-14(15)17-20-5-6-21-17/h1-6,11,26H,7-10,12H2,(H,20,21)(H,22,27). The molecule has 0 atom stereocenters. The number of rotatable bonds is 5. The van der Waals surface area contributed by atoms with Crippen LogP contribution < -0.4 is 5.32 Å². The number of benzene rings is 1. The third kappa shape index (κ3) is 3.39. The van der Waals surface area contributed by atoms with Crippen LogP contribution in [0.2, 0.25) is 0 Å². The SMILES string of the molecule is O=C(NCCO)c1cc2n(n1)CCN(C(=O)c1ccccc1-c1ncc[nH]1)C2. The van der Waals surface area contributed by atoms with Crippen LogP contribution in [0.3, 0.4) is 0 Å². The summed E-state index contributed by atoms with van der Waals surface area (Å²) in [6, 6.07) is 9.04. The molecule has 1 aliphatic rings. The third-order valence-electron chi connectivity index (χ3n) is 4.63. The Labute approximate surface area is 161 Å². The Morgan fingerprint density at radius 2 is 2.11 bits per heavy atom. The van der Waals surface area contributed by atoms with Crippen LogP contribution in [0.25, 0.3) is 11.4 Å². The fraction of sp³-hybridized carbons (Fsp3) is 0.263. The molecular weight excluding hydrogens is 360 g/mol. The summed E-state index contributed by atoms with van der Waals surface area (Å²) in [5, 5.41) is 15.7. The van der Waals surface area contributed by atoms with E-state index in [-0.39, 0.29) is 30.7 Å². The molecule has 2 amide bonds. The molecule has 0 bridgehead atoms. The fourth-order valence-electron chi connectivity index (χ4n) is 3.27. The van der Waals surface area contributed by atoms with Crippen LogP contribution in [-0.2, 0) is 13.1 Å². The number of hydrogen-bond acceptors (Lipinski definition) is 5. The summed E-state index contributed by atoms with van der Waals surface area (Å²) in [4.78, 5) is 34.2. The van der Waals surface area contributed by atoms with Crippen molar-refractivity contribution >= 4 is 11.8 Å². The lowest BCUT2D eigenvalue weighted by atomic mass is 10.1. The lowest BCUT2D eigenvalue weighted by molar-refractivity contribution is 0.0706. The fourth-order valence-corrected chi connectivity index (χ4v) is 3.27. The van der Waals surface area contributed by atoms with E-state index in [1.54, 1.807) is 34.1 Å². The second kappa shape index (κ2) is 7.65. The van der Waals surface area contributed by atoms with Gasteiger partial charge in [0, 0.05) is 31.0 Å². The summed E-state index contributed by atoms with van der Waals surface area (Å²) in [6.45, 7) is 1.42. The van der Waals surface area contributed by atoms with Gasteiger partial charge in [-0.05, 0) is 12.1 Å². The van der Waals surface area contributed by atoms with Crippen molar-refractivity contribution in [3.8, 4) is 11.4 Å². The molecule has 3 aromatic rings. The number of imidazole rings is 1. The summed E-state index contributed by atoms with van der Waals surface area (Å²) in [5.41, 5.74) is 2.41. The maximum atomic E-state index is 13.2. The van der Waals surface area contributed by atoms with Crippen molar-refractivity contribution in [1.82, 2.24) is 30.0 Å². The molecule has 2 aromatic heterocycles. The van der Waals surface area contributed by atoms with Crippen molar-refractivity contribution in [3.63, 3.8) is 0 Å². The minimum atomic E-state index is -0.336. The quantitative estimate of drug-likeness (QED) is 0.601. The number of aromatic nitrogens is 4. The number of nitrogens with one attached hydrogen (secondary N) is 2. The van der Waals surface area contributed by atoms with Crippen molar-refractivity contribution in [3.05, 3.63) is 59.7 Å². The molecule has 144 valence electrons. The second-order valence-corrected chi connectivity index (χ2v) is 6.43. The Morgan fingerprint density at radius 3 is 2.89 bits per heavy atom. The molecule has 0 saturated heterocycles. The molecule has 1 aliphatic heterocycles. The number of H-pyrrole nitrogens is 1. The van der Waals surface area contributed by atoms with Gasteiger partial charge < -0.3 is 20.3 Å². The first-order chi connectivity index (χ1) is 13.7. The number of amides is 2. The van der Waals surface area contributed by atoms with Crippen LogP contribution in [0, 0.1) is 0 Å². The number of fused-ring (bicyclic) bond motifs is 1. The van der Waals surface area contributed by atoms with Gasteiger partial charge in [-0.25, -0.2) is 4.98 Å². The van der Waals surface area contributed by atoms with E-state index in [0.29, 0.717) is 31.0 Å². The highest BCUT2D eigenvalue weighted by molar-refractivity contribution is 6.00. The smallest absolute Gasteiger partial charge is 0.271 e. The van der Waals surface area contributed by atoms with Gasteiger partial charge in [-0.15, -0.1) is 0 Å². The van der Waals surface area contributed by atoms with Crippen molar-refractivity contribution in [2.45, 2.75) is 13.1 Å². The van der Waals surface area contributed by atoms with Gasteiger partial charge in [0.05, 0.1) is 31.0 Å². The zero-order valence-electron chi connectivity index (χ0n) is 15.1. The van der Waals surface area contributed by atoms with E-state index in [1.165, 1.54) is 0 Å². The van der Waals surface area contributed by atoms with E-state index in [1.807, 2.05) is 18.2 Å². The second-order valence-electron chi connectivity index (χ2n) is 6.43. The molecule has 0 spiro atoms. The van der Waals surface area contributed by atoms with E-state index in [0.717, 1.165) is 11.3 Å². The number of aromatic amines is 1. The van der Waals surface area contributed by atoms with Crippen LogP contribution in [0.15, 0.2) is 42.7 Å². The average Bonchev–Trinajstić information content (AvgIpc) is 3.40. The Hall–Kier alpha value is -3.46. The largest absolute Gasteiger partial charge is 0.395 e. The van der Waals surface area contributed by atoms with Gasteiger partial charge in [0.2, 0.25) is 0 Å². The van der Waals surface area contributed by atoms with Crippen molar-refractivity contribution in [1.29, 1.82) is 0 Å². The number of aliphatic hydroxyl groups is 1. The molecule has 0 unspecified atom stereocenters. The molecule has 3 heterocycles. The summed E-state index contributed by atoms with van der Waals surface area (Å²) < 4.78 is 1.75. The zero-order chi connectivity index (χ0) is 19.5. The Morgan fingerprint density at radius 1 is 1.25 bits per heavy atom. The number of aliphatic hydroxyl groups excluding tert-OH is 1. The molecule has 28 heavy (non-hydrogen) atoms. The highest BCUT2D eigenvalue weighted by Gasteiger charge is 2.26. The first kappa shape index (κ1) is 17.9. The van der Waals surface area contributed by atoms with Crippen LogP contribution in [-0.4, -0.2) is 61.3 Å². The summed E-state index contributed by atoms with van der Waals surface area (Å²) in [5.74, 6) is 0.219. The predicted octanol–water partition coefficient (Wildman–Crippen LogP) is 0.651. The number of hydrogen-bond donors (Lipinski definition) is 3. The molecule has 0 aliphatic carbocycles. The predicted molar refractivity (Wildman–Crippen MR) is 100 cm³/mol. The van der Waals surface area contributed by atoms with Crippen LogP contribution in [0.5, 0.6) is 0 Å². The highest BCUT2D eigenvalue weighted by Crippen LogP contribution is 2.23. The molecule has 1 aromatic carbocycles. The molecule has 9 heteroatoms. The van der Waals surface area contributed by atoms with Crippen molar-refractivity contribution in [2.24, 2.45) is 0 Å². The number of carbonyl (C=O) groups excluding carboxylic acids is 2. The Bertz CT molecular complexity index is 995. The zero-order valence-corrected chi connectivity index (χ0v) is 15.1. The third-order valence-corrected chi connectivity index (χ3v) is 4.63. The molecule has 3 N–H and O–H groups in total. The van der Waals surface area contributed by atoms with E-state index >= 15 is 0 Å². The summed E-state index contributed by atoms with van der Waals surface area (Å²) in [6.07, 6.45) is 3.37. The van der Waals surface area contributed by atoms with Gasteiger partial charge in [-0.2, -0.15) is 5.10 Å². The maximum Gasteiger partial charge on any atom is 0.271 e. The minimum Gasteiger partial charge on any atom is -0.395 e. The Kier molecular flexibility index (Phi) is 4.90. The van der Waals surface area contributed by atoms with Crippen molar-refractivity contribution in [2.75, 3.05) is 19.7 Å². The molecule has 0 radical (unpaired) electrons. The van der Waals surface area contributed by atoms with Crippen molar-refractivity contribution < 1.29 is 14.7 Å². The Balaban J connectivity index is 1.55. The van der Waals surface area contributed by atoms with Gasteiger partial charge in [0.15, 0.2) is 5.69 Å². The normalized spacial score (nSPS) is 13.2. The first-order valence-corrected chi connectivity index (χ1v) is 9.01. The van der Waals surface area contributed by atoms with Gasteiger partial charge in [-0.1, -0.05) is 18.2 Å². The summed E-state index contributed by atoms with van der Waals surface area (Å²) >= 11 is 0. The number of carbonyl (C=O) groups is 2. The molecule has 9 nitrogen and oxygen atoms in total. The summed E-state index contributed by atoms with van der Waals surface area (Å²) in [7, 11) is 0. The lowest BCUT2D eigenvalue weighted by Gasteiger charge is -2.28. The average molecular weight is 380 g/mol. The van der Waals surface area contributed by atoms with E-state index in [2.05, 4.69) is 20.4 Å². The molecular formula is C19H20N6O3. The van der Waals surface area contributed by atoms with Crippen LogP contribution in [0.1, 0.15) is 26.5 Å². The monoisotopic (exact) mass is 380 g/mol. The lowest BCUT2D eigenvalue weighted by Crippen LogP contribution is -2.38. The van der Waals surface area contributed by atoms with Crippen LogP contribution >= 0.6 is 0 Å². The van der Waals surface area contributed by atoms with Crippen LogP contribution in [0.4, 0.5) is 0 Å². The van der Waals surface area contributed by atoms with E-state index in [9.17, 15) is 9.59 Å². The molecule has 4 rings (SSSR count). The van der Waals surface area contributed by atoms with Gasteiger partial charge in [0.1, 0.15) is 5.82 Å². The van der Waals surface area contributed by atoms with Gasteiger partial charge in [0.25, 0.3) is 11.8 Å². The topological polar surface area (TPSA) is 116 Å².